The van der Waals surface area contributed by atoms with Crippen LogP contribution in [0, 0.1) is 5.92 Å². The van der Waals surface area contributed by atoms with Gasteiger partial charge in [0.2, 0.25) is 0 Å². The van der Waals surface area contributed by atoms with Crippen molar-refractivity contribution in [1.29, 1.82) is 0 Å². The van der Waals surface area contributed by atoms with Crippen molar-refractivity contribution >= 4 is 19.2 Å². The van der Waals surface area contributed by atoms with E-state index in [1.54, 1.807) is 0 Å². The summed E-state index contributed by atoms with van der Waals surface area (Å²) in [7, 11) is 0.0552. The van der Waals surface area contributed by atoms with Gasteiger partial charge in [0.1, 0.15) is 0 Å². The SMILES string of the molecule is C=CC[Si](C)(C)c1ccc(CC(C)C(=O)OC)cc1. The molecule has 0 fully saturated rings. The molecular weight excluding hydrogens is 252 g/mol. The zero-order chi connectivity index (χ0) is 14.5. The second-order valence-electron chi connectivity index (χ2n) is 5.70. The highest BCUT2D eigenvalue weighted by Crippen LogP contribution is 2.13. The molecule has 0 aliphatic rings. The van der Waals surface area contributed by atoms with Gasteiger partial charge in [0.05, 0.1) is 21.1 Å². The topological polar surface area (TPSA) is 26.3 Å². The Hall–Kier alpha value is -1.35. The molecule has 19 heavy (non-hydrogen) atoms. The molecule has 0 N–H and O–H groups in total. The van der Waals surface area contributed by atoms with Crippen molar-refractivity contribution in [3.8, 4) is 0 Å². The number of rotatable bonds is 6. The number of allylic oxidation sites excluding steroid dienone is 1. The van der Waals surface area contributed by atoms with Crippen molar-refractivity contribution in [3.05, 3.63) is 42.5 Å². The summed E-state index contributed by atoms with van der Waals surface area (Å²) in [5, 5.41) is 1.43. The zero-order valence-electron chi connectivity index (χ0n) is 12.4. The predicted molar refractivity (Wildman–Crippen MR) is 83.4 cm³/mol. The maximum atomic E-state index is 11.4. The molecule has 104 valence electrons. The number of carbonyl (C=O) groups is 1. The maximum absolute atomic E-state index is 11.4. The van der Waals surface area contributed by atoms with Crippen LogP contribution >= 0.6 is 0 Å². The van der Waals surface area contributed by atoms with Crippen LogP contribution < -0.4 is 5.19 Å². The third kappa shape index (κ3) is 4.35. The molecule has 0 heterocycles. The van der Waals surface area contributed by atoms with E-state index in [9.17, 15) is 4.79 Å². The number of hydrogen-bond acceptors (Lipinski definition) is 2. The Morgan fingerprint density at radius 3 is 2.42 bits per heavy atom. The molecule has 0 bridgehead atoms. The summed E-state index contributed by atoms with van der Waals surface area (Å²) in [5.41, 5.74) is 1.19. The van der Waals surface area contributed by atoms with Gasteiger partial charge in [-0.1, -0.05) is 55.5 Å². The quantitative estimate of drug-likeness (QED) is 0.453. The van der Waals surface area contributed by atoms with E-state index >= 15 is 0 Å². The van der Waals surface area contributed by atoms with E-state index in [2.05, 4.69) is 43.9 Å². The van der Waals surface area contributed by atoms with Crippen LogP contribution in [-0.4, -0.2) is 21.2 Å². The minimum absolute atomic E-state index is 0.0886. The average Bonchev–Trinajstić information content (AvgIpc) is 2.38. The normalized spacial score (nSPS) is 12.8. The van der Waals surface area contributed by atoms with E-state index in [-0.39, 0.29) is 11.9 Å². The van der Waals surface area contributed by atoms with Crippen LogP contribution in [0.5, 0.6) is 0 Å². The lowest BCUT2D eigenvalue weighted by atomic mass is 10.0. The minimum atomic E-state index is -1.38. The van der Waals surface area contributed by atoms with Gasteiger partial charge in [0.15, 0.2) is 0 Å². The molecule has 0 aromatic heterocycles. The molecule has 2 nitrogen and oxygen atoms in total. The third-order valence-corrected chi connectivity index (χ3v) is 6.74. The van der Waals surface area contributed by atoms with Gasteiger partial charge in [-0.25, -0.2) is 0 Å². The van der Waals surface area contributed by atoms with Crippen molar-refractivity contribution < 1.29 is 9.53 Å². The summed E-state index contributed by atoms with van der Waals surface area (Å²) in [4.78, 5) is 11.4. The van der Waals surface area contributed by atoms with Crippen LogP contribution in [-0.2, 0) is 16.0 Å². The molecule has 0 aliphatic carbocycles. The fraction of sp³-hybridized carbons (Fsp3) is 0.438. The molecule has 0 spiro atoms. The standard InChI is InChI=1S/C16H24O2Si/c1-6-11-19(4,5)15-9-7-14(8-10-15)12-13(2)16(17)18-3/h6-10,13H,1,11-12H2,2-5H3. The molecule has 0 amide bonds. The molecule has 0 saturated carbocycles. The predicted octanol–water partition coefficient (Wildman–Crippen LogP) is 3.14. The van der Waals surface area contributed by atoms with Gasteiger partial charge in [0.25, 0.3) is 0 Å². The van der Waals surface area contributed by atoms with Gasteiger partial charge in [-0.3, -0.25) is 4.79 Å². The highest BCUT2D eigenvalue weighted by molar-refractivity contribution is 6.90. The Balaban J connectivity index is 2.77. The van der Waals surface area contributed by atoms with Crippen molar-refractivity contribution in [1.82, 2.24) is 0 Å². The summed E-state index contributed by atoms with van der Waals surface area (Å²) in [6, 6.07) is 9.76. The number of methoxy groups -OCH3 is 1. The van der Waals surface area contributed by atoms with E-state index < -0.39 is 8.07 Å². The number of carbonyl (C=O) groups excluding carboxylic acids is 1. The Morgan fingerprint density at radius 1 is 1.37 bits per heavy atom. The summed E-state index contributed by atoms with van der Waals surface area (Å²) in [6.07, 6.45) is 2.75. The largest absolute Gasteiger partial charge is 0.469 e. The molecule has 1 aromatic rings. The van der Waals surface area contributed by atoms with Gasteiger partial charge >= 0.3 is 5.97 Å². The first kappa shape index (κ1) is 15.7. The number of hydrogen-bond donors (Lipinski definition) is 0. The van der Waals surface area contributed by atoms with E-state index in [0.717, 1.165) is 12.5 Å². The molecule has 1 aromatic carbocycles. The summed E-state index contributed by atoms with van der Waals surface area (Å²) in [5.74, 6) is -0.236. The van der Waals surface area contributed by atoms with Crippen molar-refractivity contribution in [3.63, 3.8) is 0 Å². The minimum Gasteiger partial charge on any atom is -0.469 e. The number of ether oxygens (including phenoxy) is 1. The summed E-state index contributed by atoms with van der Waals surface area (Å²) >= 11 is 0. The molecule has 3 heteroatoms. The van der Waals surface area contributed by atoms with E-state index in [4.69, 9.17) is 4.74 Å². The van der Waals surface area contributed by atoms with Gasteiger partial charge in [-0.05, 0) is 18.0 Å². The van der Waals surface area contributed by atoms with Crippen molar-refractivity contribution in [2.75, 3.05) is 7.11 Å². The van der Waals surface area contributed by atoms with Gasteiger partial charge in [0, 0.05) is 0 Å². The van der Waals surface area contributed by atoms with Crippen LogP contribution in [0.2, 0.25) is 19.1 Å². The highest BCUT2D eigenvalue weighted by atomic mass is 28.3. The van der Waals surface area contributed by atoms with Gasteiger partial charge < -0.3 is 4.74 Å². The fourth-order valence-electron chi connectivity index (χ4n) is 2.21. The first-order chi connectivity index (χ1) is 8.90. The lowest BCUT2D eigenvalue weighted by molar-refractivity contribution is -0.144. The molecule has 1 rings (SSSR count). The monoisotopic (exact) mass is 276 g/mol. The molecule has 0 radical (unpaired) electrons. The van der Waals surface area contributed by atoms with Crippen LogP contribution in [0.4, 0.5) is 0 Å². The lowest BCUT2D eigenvalue weighted by Crippen LogP contribution is -2.40. The van der Waals surface area contributed by atoms with Crippen LogP contribution in [0.25, 0.3) is 0 Å². The molecule has 1 atom stereocenters. The van der Waals surface area contributed by atoms with Crippen LogP contribution in [0.3, 0.4) is 0 Å². The fourth-order valence-corrected chi connectivity index (χ4v) is 4.24. The average molecular weight is 276 g/mol. The maximum Gasteiger partial charge on any atom is 0.308 e. The van der Waals surface area contributed by atoms with Crippen LogP contribution in [0.1, 0.15) is 12.5 Å². The number of esters is 1. The molecule has 0 aliphatic heterocycles. The van der Waals surface area contributed by atoms with E-state index in [0.29, 0.717) is 0 Å². The Morgan fingerprint density at radius 2 is 1.95 bits per heavy atom. The highest BCUT2D eigenvalue weighted by Gasteiger charge is 2.21. The van der Waals surface area contributed by atoms with E-state index in [1.807, 2.05) is 13.0 Å². The summed E-state index contributed by atoms with van der Waals surface area (Å²) in [6.45, 7) is 10.4. The summed E-state index contributed by atoms with van der Waals surface area (Å²) < 4.78 is 4.75. The zero-order valence-corrected chi connectivity index (χ0v) is 13.4. The smallest absolute Gasteiger partial charge is 0.308 e. The second kappa shape index (κ2) is 6.71. The van der Waals surface area contributed by atoms with Gasteiger partial charge in [-0.2, -0.15) is 0 Å². The van der Waals surface area contributed by atoms with Crippen molar-refractivity contribution in [2.24, 2.45) is 5.92 Å². The Labute approximate surface area is 117 Å². The Bertz CT molecular complexity index is 435. The van der Waals surface area contributed by atoms with E-state index in [1.165, 1.54) is 17.9 Å². The number of benzene rings is 1. The van der Waals surface area contributed by atoms with Gasteiger partial charge in [-0.15, -0.1) is 6.58 Å². The second-order valence-corrected chi connectivity index (χ2v) is 10.5. The Kier molecular flexibility index (Phi) is 5.55. The molecular formula is C16H24O2Si. The first-order valence-electron chi connectivity index (χ1n) is 6.69. The molecule has 1 unspecified atom stereocenters. The lowest BCUT2D eigenvalue weighted by Gasteiger charge is -2.21. The van der Waals surface area contributed by atoms with Crippen molar-refractivity contribution in [2.45, 2.75) is 32.5 Å². The van der Waals surface area contributed by atoms with Crippen LogP contribution in [0.15, 0.2) is 36.9 Å². The first-order valence-corrected chi connectivity index (χ1v) is 9.89. The molecule has 0 saturated heterocycles. The third-order valence-electron chi connectivity index (χ3n) is 3.54.